The lowest BCUT2D eigenvalue weighted by Gasteiger charge is -2.28. The first kappa shape index (κ1) is 24.0. The number of nitrogens with zero attached hydrogens (tertiary/aromatic N) is 4. The molecule has 1 saturated heterocycles. The van der Waals surface area contributed by atoms with Gasteiger partial charge in [-0.25, -0.2) is 19.3 Å². The van der Waals surface area contributed by atoms with Gasteiger partial charge in [-0.15, -0.1) is 11.3 Å². The summed E-state index contributed by atoms with van der Waals surface area (Å²) in [4.78, 5) is 28.5. The van der Waals surface area contributed by atoms with Gasteiger partial charge in [-0.05, 0) is 43.7 Å². The Bertz CT molecular complexity index is 1440. The first-order valence-corrected chi connectivity index (χ1v) is 12.2. The van der Waals surface area contributed by atoms with Gasteiger partial charge in [0.05, 0.1) is 46.4 Å². The molecule has 0 unspecified atom stereocenters. The minimum absolute atomic E-state index is 0.0364. The lowest BCUT2D eigenvalue weighted by molar-refractivity contribution is 0.102. The Balaban J connectivity index is 1.53. The zero-order chi connectivity index (χ0) is 25.4. The maximum Gasteiger partial charge on any atom is 0.274 e. The van der Waals surface area contributed by atoms with Gasteiger partial charge >= 0.3 is 0 Å². The van der Waals surface area contributed by atoms with E-state index >= 15 is 0 Å². The van der Waals surface area contributed by atoms with Crippen molar-refractivity contribution < 1.29 is 19.0 Å². The van der Waals surface area contributed by atoms with E-state index in [4.69, 9.17) is 15.5 Å². The topological polar surface area (TPSA) is 126 Å². The van der Waals surface area contributed by atoms with Crippen molar-refractivity contribution >= 4 is 38.8 Å². The molecule has 1 aliphatic rings. The highest BCUT2D eigenvalue weighted by Crippen LogP contribution is 2.40. The molecule has 1 aliphatic heterocycles. The second-order valence-corrected chi connectivity index (χ2v) is 9.80. The lowest BCUT2D eigenvalue weighted by atomic mass is 10.1. The summed E-state index contributed by atoms with van der Waals surface area (Å²) in [6.45, 7) is 2.38. The molecule has 4 N–H and O–H groups in total. The molecule has 0 spiro atoms. The molecule has 2 aromatic heterocycles. The third kappa shape index (κ3) is 4.36. The summed E-state index contributed by atoms with van der Waals surface area (Å²) >= 11 is 1.55. The first-order chi connectivity index (χ1) is 17.4. The molecule has 1 fully saturated rings. The quantitative estimate of drug-likeness (QED) is 0.362. The molecule has 2 aromatic carbocycles. The Morgan fingerprint density at radius 1 is 1.31 bits per heavy atom. The third-order valence-corrected chi connectivity index (χ3v) is 7.08. The lowest BCUT2D eigenvalue weighted by Crippen LogP contribution is -2.34. The highest BCUT2D eigenvalue weighted by molar-refractivity contribution is 7.18. The van der Waals surface area contributed by atoms with Gasteiger partial charge in [-0.2, -0.15) is 0 Å². The molecular weight excluding hydrogens is 483 g/mol. The van der Waals surface area contributed by atoms with Crippen molar-refractivity contribution in [1.82, 2.24) is 15.0 Å². The average molecular weight is 509 g/mol. The van der Waals surface area contributed by atoms with Gasteiger partial charge in [0.15, 0.2) is 5.82 Å². The predicted molar refractivity (Wildman–Crippen MR) is 137 cm³/mol. The van der Waals surface area contributed by atoms with Crippen LogP contribution in [0.15, 0.2) is 42.6 Å². The molecule has 186 valence electrons. The number of anilines is 2. The highest BCUT2D eigenvalue weighted by atomic mass is 32.1. The van der Waals surface area contributed by atoms with Crippen LogP contribution in [0.25, 0.3) is 21.6 Å². The normalized spacial score (nSPS) is 17.5. The number of aromatic nitrogens is 3. The van der Waals surface area contributed by atoms with E-state index in [-0.39, 0.29) is 41.5 Å². The fourth-order valence-electron chi connectivity index (χ4n) is 4.57. The van der Waals surface area contributed by atoms with Crippen LogP contribution in [0.3, 0.4) is 0 Å². The number of aliphatic hydroxyl groups excluding tert-OH is 1. The van der Waals surface area contributed by atoms with Crippen molar-refractivity contribution in [2.24, 2.45) is 5.73 Å². The maximum atomic E-state index is 14.6. The SMILES string of the molecule is COc1cccc(F)c1-c1nccc(C(=O)Nc2ccc3sc(C)nc3c2N2C[C@H](N)C[C@H]2CO)n1. The van der Waals surface area contributed by atoms with Crippen LogP contribution in [0.4, 0.5) is 15.8 Å². The van der Waals surface area contributed by atoms with Crippen LogP contribution in [-0.4, -0.2) is 58.3 Å². The van der Waals surface area contributed by atoms with Crippen LogP contribution in [0.5, 0.6) is 5.75 Å². The molecule has 0 aliphatic carbocycles. The second-order valence-electron chi connectivity index (χ2n) is 8.56. The number of methoxy groups -OCH3 is 1. The zero-order valence-electron chi connectivity index (χ0n) is 19.7. The molecular formula is C25H25FN6O3S. The number of amides is 1. The first-order valence-electron chi connectivity index (χ1n) is 11.4. The van der Waals surface area contributed by atoms with E-state index in [9.17, 15) is 14.3 Å². The largest absolute Gasteiger partial charge is 0.496 e. The number of thiazole rings is 1. The molecule has 0 radical (unpaired) electrons. The number of aryl methyl sites for hydroxylation is 1. The summed E-state index contributed by atoms with van der Waals surface area (Å²) in [5.74, 6) is -0.751. The van der Waals surface area contributed by atoms with E-state index in [1.54, 1.807) is 17.4 Å². The minimum Gasteiger partial charge on any atom is -0.496 e. The van der Waals surface area contributed by atoms with E-state index in [1.807, 2.05) is 24.0 Å². The molecule has 1 amide bonds. The number of carbonyl (C=O) groups excluding carboxylic acids is 1. The summed E-state index contributed by atoms with van der Waals surface area (Å²) in [5, 5.41) is 13.8. The molecule has 4 aromatic rings. The van der Waals surface area contributed by atoms with Crippen molar-refractivity contribution in [1.29, 1.82) is 0 Å². The number of ether oxygens (including phenoxy) is 1. The van der Waals surface area contributed by atoms with E-state index < -0.39 is 11.7 Å². The number of carbonyl (C=O) groups is 1. The standard InChI is InChI=1S/C25H25FN6O3S/c1-13-29-22-20(36-13)7-6-17(23(22)32-11-14(27)10-15(32)12-33)31-25(34)18-8-9-28-24(30-18)21-16(26)4-3-5-19(21)35-2/h3-9,14-15,33H,10-12,27H2,1-2H3,(H,31,34)/t14-,15+/m1/s1. The fraction of sp³-hybridized carbons (Fsp3) is 0.280. The van der Waals surface area contributed by atoms with Crippen LogP contribution in [0, 0.1) is 12.7 Å². The van der Waals surface area contributed by atoms with Crippen LogP contribution >= 0.6 is 11.3 Å². The Hall–Kier alpha value is -3.67. The van der Waals surface area contributed by atoms with Crippen LogP contribution in [-0.2, 0) is 0 Å². The number of fused-ring (bicyclic) bond motifs is 1. The Morgan fingerprint density at radius 2 is 2.14 bits per heavy atom. The molecule has 0 bridgehead atoms. The molecule has 0 saturated carbocycles. The number of nitrogens with two attached hydrogens (primary N) is 1. The van der Waals surface area contributed by atoms with Crippen LogP contribution < -0.4 is 20.7 Å². The highest BCUT2D eigenvalue weighted by Gasteiger charge is 2.33. The minimum atomic E-state index is -0.557. The number of hydrogen-bond acceptors (Lipinski definition) is 9. The van der Waals surface area contributed by atoms with Gasteiger partial charge in [-0.1, -0.05) is 6.07 Å². The number of hydrogen-bond donors (Lipinski definition) is 3. The van der Waals surface area contributed by atoms with Crippen molar-refractivity contribution in [3.63, 3.8) is 0 Å². The van der Waals surface area contributed by atoms with E-state index in [0.29, 0.717) is 24.3 Å². The molecule has 2 atom stereocenters. The van der Waals surface area contributed by atoms with Crippen LogP contribution in [0.2, 0.25) is 0 Å². The van der Waals surface area contributed by atoms with Crippen molar-refractivity contribution in [2.75, 3.05) is 30.5 Å². The number of halogens is 1. The smallest absolute Gasteiger partial charge is 0.274 e. The van der Waals surface area contributed by atoms with Gasteiger partial charge in [0.1, 0.15) is 22.8 Å². The number of benzene rings is 2. The summed E-state index contributed by atoms with van der Waals surface area (Å²) in [5.41, 5.74) is 8.32. The van der Waals surface area contributed by atoms with Crippen LogP contribution in [0.1, 0.15) is 21.9 Å². The Kier molecular flexibility index (Phi) is 6.52. The van der Waals surface area contributed by atoms with Gasteiger partial charge in [0, 0.05) is 18.8 Å². The Morgan fingerprint density at radius 3 is 2.92 bits per heavy atom. The molecule has 5 rings (SSSR count). The van der Waals surface area contributed by atoms with Gasteiger partial charge in [0.2, 0.25) is 0 Å². The van der Waals surface area contributed by atoms with E-state index in [2.05, 4.69) is 15.3 Å². The van der Waals surface area contributed by atoms with Crippen molar-refractivity contribution in [2.45, 2.75) is 25.4 Å². The summed E-state index contributed by atoms with van der Waals surface area (Å²) in [6, 6.07) is 9.28. The number of aliphatic hydroxyl groups is 1. The Labute approximate surface area is 210 Å². The average Bonchev–Trinajstić information content (AvgIpc) is 3.44. The molecule has 9 nitrogen and oxygen atoms in total. The number of nitrogens with one attached hydrogen (secondary N) is 1. The van der Waals surface area contributed by atoms with E-state index in [1.165, 1.54) is 31.5 Å². The maximum absolute atomic E-state index is 14.6. The number of rotatable bonds is 6. The predicted octanol–water partition coefficient (Wildman–Crippen LogP) is 3.36. The van der Waals surface area contributed by atoms with Gasteiger partial charge in [-0.3, -0.25) is 4.79 Å². The van der Waals surface area contributed by atoms with Gasteiger partial charge in [0.25, 0.3) is 5.91 Å². The zero-order valence-corrected chi connectivity index (χ0v) is 20.6. The fourth-order valence-corrected chi connectivity index (χ4v) is 5.40. The third-order valence-electron chi connectivity index (χ3n) is 6.14. The second kappa shape index (κ2) is 9.76. The molecule has 3 heterocycles. The van der Waals surface area contributed by atoms with Gasteiger partial charge < -0.3 is 25.8 Å². The van der Waals surface area contributed by atoms with Crippen molar-refractivity contribution in [3.8, 4) is 17.1 Å². The molecule has 36 heavy (non-hydrogen) atoms. The summed E-state index contributed by atoms with van der Waals surface area (Å²) in [6.07, 6.45) is 2.03. The summed E-state index contributed by atoms with van der Waals surface area (Å²) < 4.78 is 20.8. The monoisotopic (exact) mass is 508 g/mol. The summed E-state index contributed by atoms with van der Waals surface area (Å²) in [7, 11) is 1.43. The van der Waals surface area contributed by atoms with Crippen molar-refractivity contribution in [3.05, 3.63) is 59.1 Å². The van der Waals surface area contributed by atoms with E-state index in [0.717, 1.165) is 15.2 Å². The molecule has 11 heteroatoms.